The fourth-order valence-electron chi connectivity index (χ4n) is 2.89. The normalized spacial score (nSPS) is 28.4. The predicted octanol–water partition coefficient (Wildman–Crippen LogP) is 2.93. The van der Waals surface area contributed by atoms with E-state index in [1.807, 2.05) is 37.3 Å². The molecule has 1 aromatic carbocycles. The van der Waals surface area contributed by atoms with Crippen molar-refractivity contribution in [3.8, 4) is 0 Å². The van der Waals surface area contributed by atoms with Crippen molar-refractivity contribution in [2.75, 3.05) is 5.75 Å². The number of thioether (sulfide) groups is 1. The molecule has 1 heterocycles. The monoisotopic (exact) mass is 382 g/mol. The molecule has 1 fully saturated rings. The van der Waals surface area contributed by atoms with Crippen LogP contribution in [0.2, 0.25) is 0 Å². The zero-order valence-electron chi connectivity index (χ0n) is 15.5. The van der Waals surface area contributed by atoms with Crippen molar-refractivity contribution in [2.24, 2.45) is 0 Å². The number of rotatable bonds is 7. The van der Waals surface area contributed by atoms with Crippen molar-refractivity contribution >= 4 is 23.7 Å². The molecule has 0 N–H and O–H groups in total. The van der Waals surface area contributed by atoms with Crippen LogP contribution in [0.5, 0.6) is 0 Å². The van der Waals surface area contributed by atoms with E-state index in [9.17, 15) is 9.59 Å². The molecular formula is C19H26O6S. The van der Waals surface area contributed by atoms with Crippen LogP contribution in [0.3, 0.4) is 0 Å². The molecule has 0 aliphatic carbocycles. The Balaban J connectivity index is 2.23. The van der Waals surface area contributed by atoms with Gasteiger partial charge in [0.1, 0.15) is 11.5 Å². The maximum atomic E-state index is 11.7. The summed E-state index contributed by atoms with van der Waals surface area (Å²) < 4.78 is 23.0. The Morgan fingerprint density at radius 2 is 1.65 bits per heavy atom. The van der Waals surface area contributed by atoms with E-state index in [2.05, 4.69) is 0 Å². The molecule has 3 unspecified atom stereocenters. The average molecular weight is 382 g/mol. The number of carbonyl (C=O) groups excluding carboxylic acids is 2. The van der Waals surface area contributed by atoms with Crippen LogP contribution in [0.1, 0.15) is 33.3 Å². The van der Waals surface area contributed by atoms with Crippen LogP contribution in [0.15, 0.2) is 30.3 Å². The molecule has 1 aliphatic rings. The predicted molar refractivity (Wildman–Crippen MR) is 98.6 cm³/mol. The van der Waals surface area contributed by atoms with Gasteiger partial charge in [0.2, 0.25) is 0 Å². The van der Waals surface area contributed by atoms with Crippen molar-refractivity contribution in [1.29, 1.82) is 0 Å². The van der Waals surface area contributed by atoms with Gasteiger partial charge in [-0.25, -0.2) is 0 Å². The van der Waals surface area contributed by atoms with Crippen molar-refractivity contribution in [2.45, 2.75) is 64.2 Å². The van der Waals surface area contributed by atoms with Gasteiger partial charge in [-0.1, -0.05) is 37.3 Å². The zero-order valence-corrected chi connectivity index (χ0v) is 16.4. The standard InChI is InChI=1S/C19H26O6S/c1-5-26-19-18(22-11-15-9-7-6-8-10-15)17(25-14(4)21)16(12(2)23-19)24-13(3)20/h6-10,12,16-19H,5,11H2,1-4H3/t12?,16-,17?,18?,19-/m1/s1. The molecule has 144 valence electrons. The maximum Gasteiger partial charge on any atom is 0.303 e. The molecule has 0 amide bonds. The fraction of sp³-hybridized carbons (Fsp3) is 0.579. The molecule has 26 heavy (non-hydrogen) atoms. The van der Waals surface area contributed by atoms with E-state index < -0.39 is 36.4 Å². The number of benzene rings is 1. The van der Waals surface area contributed by atoms with Crippen molar-refractivity contribution in [3.63, 3.8) is 0 Å². The third kappa shape index (κ3) is 5.72. The van der Waals surface area contributed by atoms with E-state index in [1.54, 1.807) is 18.7 Å². The molecule has 1 aliphatic heterocycles. The van der Waals surface area contributed by atoms with Crippen molar-refractivity contribution in [1.82, 2.24) is 0 Å². The minimum absolute atomic E-state index is 0.324. The van der Waals surface area contributed by atoms with Crippen molar-refractivity contribution < 1.29 is 28.5 Å². The highest BCUT2D eigenvalue weighted by atomic mass is 32.2. The topological polar surface area (TPSA) is 71.1 Å². The number of hydrogen-bond donors (Lipinski definition) is 0. The number of carbonyl (C=O) groups is 2. The molecule has 1 saturated heterocycles. The van der Waals surface area contributed by atoms with Crippen LogP contribution in [-0.4, -0.2) is 47.5 Å². The summed E-state index contributed by atoms with van der Waals surface area (Å²) in [6, 6.07) is 9.71. The molecule has 0 saturated carbocycles. The Morgan fingerprint density at radius 3 is 2.23 bits per heavy atom. The van der Waals surface area contributed by atoms with E-state index >= 15 is 0 Å². The number of esters is 2. The van der Waals surface area contributed by atoms with Gasteiger partial charge in [-0.15, -0.1) is 11.8 Å². The lowest BCUT2D eigenvalue weighted by molar-refractivity contribution is -0.232. The lowest BCUT2D eigenvalue weighted by Crippen LogP contribution is -2.59. The summed E-state index contributed by atoms with van der Waals surface area (Å²) in [6.07, 6.45) is -2.41. The van der Waals surface area contributed by atoms with Gasteiger partial charge in [0.25, 0.3) is 0 Å². The first-order valence-electron chi connectivity index (χ1n) is 8.69. The summed E-state index contributed by atoms with van der Waals surface area (Å²) in [5.74, 6) is -0.0889. The molecular weight excluding hydrogens is 356 g/mol. The SMILES string of the molecule is CCS[C@H]1OC(C)[C@@H](OC(C)=O)C(OC(C)=O)C1OCc1ccccc1. The van der Waals surface area contributed by atoms with Gasteiger partial charge in [-0.2, -0.15) is 0 Å². The smallest absolute Gasteiger partial charge is 0.303 e. The van der Waals surface area contributed by atoms with Gasteiger partial charge in [0.15, 0.2) is 12.2 Å². The van der Waals surface area contributed by atoms with Crippen LogP contribution in [0.25, 0.3) is 0 Å². The maximum absolute atomic E-state index is 11.7. The number of ether oxygens (including phenoxy) is 4. The highest BCUT2D eigenvalue weighted by Gasteiger charge is 2.49. The molecule has 7 heteroatoms. The van der Waals surface area contributed by atoms with Crippen molar-refractivity contribution in [3.05, 3.63) is 35.9 Å². The summed E-state index contributed by atoms with van der Waals surface area (Å²) in [6.45, 7) is 6.83. The molecule has 2 rings (SSSR count). The molecule has 5 atom stereocenters. The first kappa shape index (κ1) is 20.7. The molecule has 0 spiro atoms. The third-order valence-corrected chi connectivity index (χ3v) is 4.99. The second kappa shape index (κ2) is 9.94. The first-order chi connectivity index (χ1) is 12.4. The second-order valence-corrected chi connectivity index (χ2v) is 7.45. The molecule has 6 nitrogen and oxygen atoms in total. The van der Waals surface area contributed by atoms with Crippen LogP contribution < -0.4 is 0 Å². The van der Waals surface area contributed by atoms with Crippen LogP contribution >= 0.6 is 11.8 Å². The highest BCUT2D eigenvalue weighted by molar-refractivity contribution is 7.99. The lowest BCUT2D eigenvalue weighted by Gasteiger charge is -2.44. The van der Waals surface area contributed by atoms with E-state index in [-0.39, 0.29) is 5.44 Å². The van der Waals surface area contributed by atoms with Gasteiger partial charge in [0.05, 0.1) is 12.7 Å². The first-order valence-corrected chi connectivity index (χ1v) is 9.74. The van der Waals surface area contributed by atoms with Gasteiger partial charge in [-0.05, 0) is 18.2 Å². The Hall–Kier alpha value is -1.57. The Morgan fingerprint density at radius 1 is 1.04 bits per heavy atom. The minimum atomic E-state index is -0.729. The number of hydrogen-bond acceptors (Lipinski definition) is 7. The van der Waals surface area contributed by atoms with E-state index in [4.69, 9.17) is 18.9 Å². The Bertz CT molecular complexity index is 593. The molecule has 0 bridgehead atoms. The second-order valence-electron chi connectivity index (χ2n) is 6.07. The van der Waals surface area contributed by atoms with Gasteiger partial charge >= 0.3 is 11.9 Å². The van der Waals surface area contributed by atoms with Crippen LogP contribution in [-0.2, 0) is 35.1 Å². The third-order valence-electron chi connectivity index (χ3n) is 3.95. The van der Waals surface area contributed by atoms with Crippen LogP contribution in [0.4, 0.5) is 0 Å². The van der Waals surface area contributed by atoms with Crippen LogP contribution in [0, 0.1) is 0 Å². The summed E-state index contributed by atoms with van der Waals surface area (Å²) in [5, 5.41) is 0. The minimum Gasteiger partial charge on any atom is -0.456 e. The van der Waals surface area contributed by atoms with E-state index in [0.29, 0.717) is 6.61 Å². The van der Waals surface area contributed by atoms with E-state index in [1.165, 1.54) is 13.8 Å². The highest BCUT2D eigenvalue weighted by Crippen LogP contribution is 2.34. The summed E-state index contributed by atoms with van der Waals surface area (Å²) in [4.78, 5) is 23.2. The van der Waals surface area contributed by atoms with Gasteiger partial charge in [-0.3, -0.25) is 9.59 Å². The van der Waals surface area contributed by atoms with E-state index in [0.717, 1.165) is 11.3 Å². The largest absolute Gasteiger partial charge is 0.456 e. The zero-order chi connectivity index (χ0) is 19.1. The Labute approximate surface area is 158 Å². The molecule has 1 aromatic rings. The van der Waals surface area contributed by atoms with Gasteiger partial charge < -0.3 is 18.9 Å². The Kier molecular flexibility index (Phi) is 7.93. The quantitative estimate of drug-likeness (QED) is 0.672. The molecule has 0 aromatic heterocycles. The summed E-state index contributed by atoms with van der Waals surface area (Å²) in [7, 11) is 0. The van der Waals surface area contributed by atoms with Gasteiger partial charge in [0, 0.05) is 13.8 Å². The fourth-order valence-corrected chi connectivity index (χ4v) is 3.90. The lowest BCUT2D eigenvalue weighted by atomic mass is 10.00. The average Bonchev–Trinajstić information content (AvgIpc) is 2.58. The molecule has 0 radical (unpaired) electrons. The summed E-state index contributed by atoms with van der Waals surface area (Å²) >= 11 is 1.57. The summed E-state index contributed by atoms with van der Waals surface area (Å²) in [5.41, 5.74) is 0.673.